The van der Waals surface area contributed by atoms with Gasteiger partial charge in [-0.15, -0.1) is 0 Å². The summed E-state index contributed by atoms with van der Waals surface area (Å²) in [6.07, 6.45) is 0. The summed E-state index contributed by atoms with van der Waals surface area (Å²) in [4.78, 5) is 36.6. The van der Waals surface area contributed by atoms with Crippen LogP contribution in [0.15, 0.2) is 256 Å². The normalized spacial score (nSPS) is 12.2. The fourth-order valence-electron chi connectivity index (χ4n) is 10.3. The van der Waals surface area contributed by atoms with Gasteiger partial charge in [0.15, 0.2) is 5.16 Å². The average molecular weight is 918 g/mol. The molecule has 0 spiro atoms. The van der Waals surface area contributed by atoms with Crippen molar-refractivity contribution in [1.82, 2.24) is 43.6 Å². The minimum Gasteiger partial charge on any atom is -0.278 e. The molecule has 0 N–H and O–H groups in total. The molecule has 0 fully saturated rings. The van der Waals surface area contributed by atoms with Gasteiger partial charge in [-0.2, -0.15) is 29.9 Å². The average Bonchev–Trinajstić information content (AvgIpc) is 4.08. The molecule has 14 rings (SSSR count). The Morgan fingerprint density at radius 2 is 0.471 bits per heavy atom. The summed E-state index contributed by atoms with van der Waals surface area (Å²) in [5.41, 5.74) is 5.82. The topological polar surface area (TPSA) is 92.1 Å². The first-order valence-electron chi connectivity index (χ1n) is 23.2. The predicted octanol–water partition coefficient (Wildman–Crippen LogP) is 14.4. The monoisotopic (exact) mass is 917 g/mol. The van der Waals surface area contributed by atoms with Crippen LogP contribution in [0.1, 0.15) is 0 Å². The molecule has 0 unspecified atom stereocenters. The number of hydrogen-bond acceptors (Lipinski definition) is 6. The zero-order valence-corrected chi connectivity index (χ0v) is 38.3. The highest BCUT2D eigenvalue weighted by atomic mass is 32.3. The van der Waals surface area contributed by atoms with E-state index in [9.17, 15) is 0 Å². The van der Waals surface area contributed by atoms with Crippen molar-refractivity contribution in [1.29, 1.82) is 0 Å². The van der Waals surface area contributed by atoms with E-state index < -0.39 is 10.0 Å². The number of hydrogen-bond donors (Lipinski definition) is 0. The van der Waals surface area contributed by atoms with Gasteiger partial charge in [0, 0.05) is 47.0 Å². The maximum Gasteiger partial charge on any atom is 0.240 e. The van der Waals surface area contributed by atoms with Crippen molar-refractivity contribution in [2.75, 3.05) is 0 Å². The quantitative estimate of drug-likeness (QED) is 0.151. The predicted molar refractivity (Wildman–Crippen MR) is 282 cm³/mol. The summed E-state index contributed by atoms with van der Waals surface area (Å²) < 4.78 is 6.43. The molecule has 0 aliphatic heterocycles. The van der Waals surface area contributed by atoms with Gasteiger partial charge in [0.1, 0.15) is 0 Å². The molecule has 5 aromatic heterocycles. The lowest BCUT2D eigenvalue weighted by molar-refractivity contribution is 0.822. The second-order valence-electron chi connectivity index (χ2n) is 17.2. The third-order valence-electron chi connectivity index (χ3n) is 13.3. The van der Waals surface area contributed by atoms with E-state index in [2.05, 4.69) is 250 Å². The maximum absolute atomic E-state index is 5.71. The summed E-state index contributed by atoms with van der Waals surface area (Å²) in [5.74, 6) is 1.94. The number of nitrogens with zero attached hydrogens (tertiary/aromatic N) is 9. The van der Waals surface area contributed by atoms with E-state index in [4.69, 9.17) is 29.9 Å². The van der Waals surface area contributed by atoms with Gasteiger partial charge in [0.25, 0.3) is 0 Å². The van der Waals surface area contributed by atoms with Gasteiger partial charge >= 0.3 is 0 Å². The molecule has 14 aromatic rings. The SMILES string of the molecule is c1ccc(S(c2ccccc2)(c2ccccc2)c2nc(-c3nc(-n4c5ccccc5c5ccccc54)nc(-n4c5ccccc5c5ccccc54)n3)nc(-n3c4ccccc4c4ccccc43)n2)cc1. The molecule has 70 heavy (non-hydrogen) atoms. The number of aromatic nitrogens is 9. The number of rotatable bonds is 8. The molecule has 0 saturated carbocycles. The summed E-state index contributed by atoms with van der Waals surface area (Å²) in [5, 5.41) is 7.16. The standard InChI is InChI=1S/C60H39N9S/c1-4-22-40(23-5-1)70(41-24-6-2-7-25-41,42-26-8-3-9-27-42)60-64-56(63-59(66-60)69-53-38-20-14-32-47(53)48-33-15-21-39-54(48)69)55-61-57(67-49-34-16-10-28-43(49)44-29-11-17-35-50(44)67)65-58(62-55)68-51-36-18-12-30-45(51)46-31-13-19-37-52(46)68/h1-39H. The molecule has 0 radical (unpaired) electrons. The summed E-state index contributed by atoms with van der Waals surface area (Å²) in [6, 6.07) is 82.5. The van der Waals surface area contributed by atoms with Gasteiger partial charge in [-0.3, -0.25) is 13.7 Å². The van der Waals surface area contributed by atoms with Crippen LogP contribution in [0.5, 0.6) is 0 Å². The van der Waals surface area contributed by atoms with Crippen molar-refractivity contribution in [3.05, 3.63) is 237 Å². The first-order chi connectivity index (χ1) is 34.7. The van der Waals surface area contributed by atoms with E-state index in [1.54, 1.807) is 0 Å². The molecule has 9 aromatic carbocycles. The first-order valence-corrected chi connectivity index (χ1v) is 24.8. The van der Waals surface area contributed by atoms with Crippen LogP contribution in [0.2, 0.25) is 0 Å². The van der Waals surface area contributed by atoms with Crippen LogP contribution in [0, 0.1) is 0 Å². The van der Waals surface area contributed by atoms with Crippen molar-refractivity contribution < 1.29 is 0 Å². The summed E-state index contributed by atoms with van der Waals surface area (Å²) in [7, 11) is -2.44. The Morgan fingerprint density at radius 1 is 0.229 bits per heavy atom. The smallest absolute Gasteiger partial charge is 0.240 e. The molecule has 10 heteroatoms. The molecule has 5 heterocycles. The van der Waals surface area contributed by atoms with Crippen LogP contribution in [0.25, 0.3) is 94.9 Å². The van der Waals surface area contributed by atoms with E-state index in [0.29, 0.717) is 34.7 Å². The van der Waals surface area contributed by atoms with Gasteiger partial charge < -0.3 is 0 Å². The van der Waals surface area contributed by atoms with E-state index in [0.717, 1.165) is 80.1 Å². The summed E-state index contributed by atoms with van der Waals surface area (Å²) in [6.45, 7) is 0. The summed E-state index contributed by atoms with van der Waals surface area (Å²) >= 11 is 0. The Balaban J connectivity index is 1.15. The van der Waals surface area contributed by atoms with Crippen LogP contribution >= 0.6 is 10.0 Å². The molecule has 0 amide bonds. The molecule has 9 nitrogen and oxygen atoms in total. The highest BCUT2D eigenvalue weighted by molar-refractivity contribution is 8.33. The largest absolute Gasteiger partial charge is 0.278 e. The number of fused-ring (bicyclic) bond motifs is 9. The van der Waals surface area contributed by atoms with E-state index in [1.807, 2.05) is 0 Å². The zero-order chi connectivity index (χ0) is 46.2. The molecule has 0 aliphatic rings. The Kier molecular flexibility index (Phi) is 9.08. The third-order valence-corrected chi connectivity index (χ3v) is 17.0. The van der Waals surface area contributed by atoms with E-state index >= 15 is 0 Å². The number of benzene rings is 9. The fraction of sp³-hybridized carbons (Fsp3) is 0. The van der Waals surface area contributed by atoms with Gasteiger partial charge in [0.2, 0.25) is 29.5 Å². The molecule has 0 aliphatic carbocycles. The van der Waals surface area contributed by atoms with Gasteiger partial charge in [-0.05, 0) is 72.8 Å². The van der Waals surface area contributed by atoms with Crippen molar-refractivity contribution in [2.45, 2.75) is 19.8 Å². The molecular formula is C60H39N9S. The van der Waals surface area contributed by atoms with Crippen LogP contribution in [0.3, 0.4) is 0 Å². The van der Waals surface area contributed by atoms with Crippen LogP contribution in [-0.4, -0.2) is 43.6 Å². The highest BCUT2D eigenvalue weighted by Crippen LogP contribution is 2.72. The van der Waals surface area contributed by atoms with E-state index in [1.165, 1.54) is 0 Å². The fourth-order valence-corrected chi connectivity index (χ4v) is 13.9. The molecule has 330 valence electrons. The van der Waals surface area contributed by atoms with Gasteiger partial charge in [-0.1, -0.05) is 174 Å². The Labute approximate surface area is 403 Å². The second kappa shape index (κ2) is 15.9. The van der Waals surface area contributed by atoms with Crippen molar-refractivity contribution in [3.63, 3.8) is 0 Å². The minimum absolute atomic E-state index is 0.303. The third kappa shape index (κ3) is 6.00. The van der Waals surface area contributed by atoms with E-state index in [-0.39, 0.29) is 0 Å². The molecule has 0 atom stereocenters. The van der Waals surface area contributed by atoms with Crippen LogP contribution < -0.4 is 0 Å². The van der Waals surface area contributed by atoms with Gasteiger partial charge in [0.05, 0.1) is 33.1 Å². The number of para-hydroxylation sites is 6. The Hall–Kier alpha value is -9.25. The van der Waals surface area contributed by atoms with Crippen LogP contribution in [-0.2, 0) is 0 Å². The lowest BCUT2D eigenvalue weighted by atomic mass is 10.2. The molecule has 0 saturated heterocycles. The molecule has 0 bridgehead atoms. The van der Waals surface area contributed by atoms with Crippen LogP contribution in [0.4, 0.5) is 0 Å². The second-order valence-corrected chi connectivity index (χ2v) is 20.2. The Morgan fingerprint density at radius 3 is 0.771 bits per heavy atom. The minimum atomic E-state index is -2.44. The van der Waals surface area contributed by atoms with Gasteiger partial charge in [-0.25, -0.2) is 0 Å². The lowest BCUT2D eigenvalue weighted by Crippen LogP contribution is -2.15. The van der Waals surface area contributed by atoms with Crippen molar-refractivity contribution >= 4 is 75.4 Å². The first kappa shape index (κ1) is 39.9. The van der Waals surface area contributed by atoms with Crippen molar-refractivity contribution in [3.8, 4) is 29.5 Å². The molecular weight excluding hydrogens is 879 g/mol. The Bertz CT molecular complexity index is 3930. The zero-order valence-electron chi connectivity index (χ0n) is 37.4. The highest BCUT2D eigenvalue weighted by Gasteiger charge is 2.38. The lowest BCUT2D eigenvalue weighted by Gasteiger charge is -2.39. The van der Waals surface area contributed by atoms with Crippen molar-refractivity contribution in [2.24, 2.45) is 0 Å². The maximum atomic E-state index is 5.71.